The third-order valence-electron chi connectivity index (χ3n) is 3.39. The van der Waals surface area contributed by atoms with E-state index in [0.29, 0.717) is 17.3 Å². The van der Waals surface area contributed by atoms with E-state index in [1.165, 1.54) is 0 Å². The largest absolute Gasteiger partial charge is 0.484 e. The van der Waals surface area contributed by atoms with E-state index in [1.807, 2.05) is 0 Å². The first-order valence-corrected chi connectivity index (χ1v) is 7.56. The molecule has 1 aliphatic carbocycles. The number of hydrogen-bond donors (Lipinski definition) is 3. The van der Waals surface area contributed by atoms with Crippen LogP contribution < -0.4 is 20.7 Å². The number of hydrogen-bond acceptors (Lipinski definition) is 4. The van der Waals surface area contributed by atoms with E-state index >= 15 is 0 Å². The zero-order valence-electron chi connectivity index (χ0n) is 12.4. The number of rotatable bonds is 7. The predicted octanol–water partition coefficient (Wildman–Crippen LogP) is 0.702. The summed E-state index contributed by atoms with van der Waals surface area (Å²) in [6, 6.07) is 7.08. The van der Waals surface area contributed by atoms with Crippen molar-refractivity contribution in [2.45, 2.75) is 24.9 Å². The highest BCUT2D eigenvalue weighted by molar-refractivity contribution is 6.30. The van der Waals surface area contributed by atoms with Crippen molar-refractivity contribution in [3.63, 3.8) is 0 Å². The predicted molar refractivity (Wildman–Crippen MR) is 84.0 cm³/mol. The molecule has 1 fully saturated rings. The van der Waals surface area contributed by atoms with Crippen LogP contribution in [0.5, 0.6) is 5.75 Å². The van der Waals surface area contributed by atoms with Gasteiger partial charge in [-0.1, -0.05) is 11.6 Å². The molecule has 0 heterocycles. The van der Waals surface area contributed by atoms with E-state index in [4.69, 9.17) is 16.3 Å². The van der Waals surface area contributed by atoms with E-state index in [1.54, 1.807) is 31.3 Å². The van der Waals surface area contributed by atoms with Gasteiger partial charge in [-0.15, -0.1) is 0 Å². The Hall–Kier alpha value is -1.79. The number of likely N-dealkylation sites (N-methyl/N-ethyl adjacent to an activating group) is 1. The molecule has 2 amide bonds. The number of carbonyl (C=O) groups is 2. The second-order valence-electron chi connectivity index (χ2n) is 5.27. The summed E-state index contributed by atoms with van der Waals surface area (Å²) in [6.07, 6.45) is 1.50. The maximum absolute atomic E-state index is 11.8. The molecule has 1 aromatic rings. The van der Waals surface area contributed by atoms with Gasteiger partial charge in [0.1, 0.15) is 5.75 Å². The normalized spacial score (nSPS) is 19.9. The third kappa shape index (κ3) is 5.20. The van der Waals surface area contributed by atoms with Crippen molar-refractivity contribution in [1.29, 1.82) is 0 Å². The van der Waals surface area contributed by atoms with Crippen LogP contribution in [-0.4, -0.2) is 44.1 Å². The molecule has 120 valence electrons. The summed E-state index contributed by atoms with van der Waals surface area (Å²) in [7, 11) is 1.73. The Morgan fingerprint density at radius 2 is 1.73 bits per heavy atom. The van der Waals surface area contributed by atoms with Gasteiger partial charge in [-0.2, -0.15) is 0 Å². The number of carbonyl (C=O) groups excluding carboxylic acids is 2. The van der Waals surface area contributed by atoms with Crippen molar-refractivity contribution in [2.24, 2.45) is 0 Å². The van der Waals surface area contributed by atoms with Crippen LogP contribution in [0.4, 0.5) is 0 Å². The molecule has 0 radical (unpaired) electrons. The van der Waals surface area contributed by atoms with E-state index in [2.05, 4.69) is 16.0 Å². The summed E-state index contributed by atoms with van der Waals surface area (Å²) in [6.45, 7) is 0.275. The lowest BCUT2D eigenvalue weighted by molar-refractivity contribution is -0.124. The zero-order chi connectivity index (χ0) is 15.9. The minimum absolute atomic E-state index is 0.0247. The Bertz CT molecular complexity index is 515. The quantitative estimate of drug-likeness (QED) is 0.689. The first-order valence-electron chi connectivity index (χ1n) is 7.18. The van der Waals surface area contributed by atoms with Crippen LogP contribution in [0, 0.1) is 0 Å². The van der Waals surface area contributed by atoms with Crippen LogP contribution >= 0.6 is 11.6 Å². The molecule has 22 heavy (non-hydrogen) atoms. The Morgan fingerprint density at radius 3 is 2.32 bits per heavy atom. The molecule has 6 nitrogen and oxygen atoms in total. The SMILES string of the molecule is CNCC(=O)NC1CC(NC(=O)COc2ccc(Cl)cc2)C1. The molecule has 7 heteroatoms. The monoisotopic (exact) mass is 325 g/mol. The van der Waals surface area contributed by atoms with Crippen molar-refractivity contribution >= 4 is 23.4 Å². The lowest BCUT2D eigenvalue weighted by atomic mass is 9.86. The lowest BCUT2D eigenvalue weighted by Gasteiger charge is -2.36. The summed E-state index contributed by atoms with van der Waals surface area (Å²) in [4.78, 5) is 23.1. The fourth-order valence-corrected chi connectivity index (χ4v) is 2.37. The molecule has 0 aliphatic heterocycles. The number of nitrogens with one attached hydrogen (secondary N) is 3. The van der Waals surface area contributed by atoms with Crippen molar-refractivity contribution in [1.82, 2.24) is 16.0 Å². The topological polar surface area (TPSA) is 79.5 Å². The van der Waals surface area contributed by atoms with Gasteiger partial charge >= 0.3 is 0 Å². The van der Waals surface area contributed by atoms with Crippen molar-refractivity contribution < 1.29 is 14.3 Å². The molecule has 0 spiro atoms. The first kappa shape index (κ1) is 16.6. The Morgan fingerprint density at radius 1 is 1.14 bits per heavy atom. The van der Waals surface area contributed by atoms with Gasteiger partial charge in [0.25, 0.3) is 5.91 Å². The van der Waals surface area contributed by atoms with Crippen molar-refractivity contribution in [2.75, 3.05) is 20.2 Å². The summed E-state index contributed by atoms with van der Waals surface area (Å²) < 4.78 is 5.37. The fraction of sp³-hybridized carbons (Fsp3) is 0.467. The molecule has 1 saturated carbocycles. The van der Waals surface area contributed by atoms with Crippen LogP contribution in [-0.2, 0) is 9.59 Å². The van der Waals surface area contributed by atoms with E-state index in [9.17, 15) is 9.59 Å². The number of halogens is 1. The number of benzene rings is 1. The van der Waals surface area contributed by atoms with Crippen LogP contribution in [0.1, 0.15) is 12.8 Å². The van der Waals surface area contributed by atoms with Crippen molar-refractivity contribution in [3.8, 4) is 5.75 Å². The average Bonchev–Trinajstić information content (AvgIpc) is 2.44. The number of ether oxygens (including phenoxy) is 1. The third-order valence-corrected chi connectivity index (χ3v) is 3.64. The van der Waals surface area contributed by atoms with E-state index in [-0.39, 0.29) is 30.5 Å². The zero-order valence-corrected chi connectivity index (χ0v) is 13.2. The van der Waals surface area contributed by atoms with E-state index in [0.717, 1.165) is 12.8 Å². The smallest absolute Gasteiger partial charge is 0.258 e. The highest BCUT2D eigenvalue weighted by Crippen LogP contribution is 2.20. The molecule has 0 atom stereocenters. The molecule has 0 bridgehead atoms. The summed E-state index contributed by atoms with van der Waals surface area (Å²) in [5, 5.41) is 9.18. The average molecular weight is 326 g/mol. The highest BCUT2D eigenvalue weighted by atomic mass is 35.5. The molecule has 0 unspecified atom stereocenters. The standard InChI is InChI=1S/C15H20ClN3O3/c1-17-8-14(20)18-11-6-12(7-11)19-15(21)9-22-13-4-2-10(16)3-5-13/h2-5,11-12,17H,6-9H2,1H3,(H,18,20)(H,19,21). The van der Waals surface area contributed by atoms with E-state index < -0.39 is 0 Å². The van der Waals surface area contributed by atoms with Gasteiger partial charge in [-0.25, -0.2) is 0 Å². The molecule has 1 aliphatic rings. The number of amides is 2. The van der Waals surface area contributed by atoms with Crippen LogP contribution in [0.15, 0.2) is 24.3 Å². The Balaban J connectivity index is 1.61. The van der Waals surface area contributed by atoms with Gasteiger partial charge in [-0.05, 0) is 44.2 Å². The summed E-state index contributed by atoms with van der Waals surface area (Å²) in [5.41, 5.74) is 0. The molecular formula is C15H20ClN3O3. The highest BCUT2D eigenvalue weighted by Gasteiger charge is 2.31. The Kier molecular flexibility index (Phi) is 6.03. The maximum atomic E-state index is 11.8. The fourth-order valence-electron chi connectivity index (χ4n) is 2.24. The lowest BCUT2D eigenvalue weighted by Crippen LogP contribution is -2.55. The van der Waals surface area contributed by atoms with Crippen molar-refractivity contribution in [3.05, 3.63) is 29.3 Å². The maximum Gasteiger partial charge on any atom is 0.258 e. The van der Waals surface area contributed by atoms with Crippen LogP contribution in [0.3, 0.4) is 0 Å². The second kappa shape index (κ2) is 8.00. The molecule has 1 aromatic carbocycles. The van der Waals surface area contributed by atoms with Gasteiger partial charge < -0.3 is 20.7 Å². The minimum atomic E-state index is -0.167. The molecular weight excluding hydrogens is 306 g/mol. The molecule has 0 aromatic heterocycles. The minimum Gasteiger partial charge on any atom is -0.484 e. The summed E-state index contributed by atoms with van der Waals surface area (Å²) in [5.74, 6) is 0.411. The Labute approximate surface area is 134 Å². The molecule has 2 rings (SSSR count). The van der Waals surface area contributed by atoms with Crippen LogP contribution in [0.25, 0.3) is 0 Å². The van der Waals surface area contributed by atoms with Gasteiger partial charge in [0, 0.05) is 17.1 Å². The first-order chi connectivity index (χ1) is 10.6. The summed E-state index contributed by atoms with van der Waals surface area (Å²) >= 11 is 5.77. The van der Waals surface area contributed by atoms with Gasteiger partial charge in [0.2, 0.25) is 5.91 Å². The van der Waals surface area contributed by atoms with Gasteiger partial charge in [0.15, 0.2) is 6.61 Å². The molecule has 3 N–H and O–H groups in total. The van der Waals surface area contributed by atoms with Crippen LogP contribution in [0.2, 0.25) is 5.02 Å². The van der Waals surface area contributed by atoms with Gasteiger partial charge in [-0.3, -0.25) is 9.59 Å². The second-order valence-corrected chi connectivity index (χ2v) is 5.71. The molecule has 0 saturated heterocycles. The van der Waals surface area contributed by atoms with Gasteiger partial charge in [0.05, 0.1) is 6.54 Å².